The first-order valence-corrected chi connectivity index (χ1v) is 7.12. The van der Waals surface area contributed by atoms with Crippen LogP contribution in [0.4, 0.5) is 0 Å². The molecule has 2 atom stereocenters. The number of benzene rings is 1. The molecule has 1 aromatic carbocycles. The zero-order valence-electron chi connectivity index (χ0n) is 12.4. The molecule has 2 unspecified atom stereocenters. The Bertz CT molecular complexity index is 417. The van der Waals surface area contributed by atoms with E-state index in [9.17, 15) is 0 Å². The maximum Gasteiger partial charge on any atom is 0.124 e. The fourth-order valence-corrected chi connectivity index (χ4v) is 2.60. The smallest absolute Gasteiger partial charge is 0.124 e. The van der Waals surface area contributed by atoms with Crippen LogP contribution >= 0.6 is 0 Å². The summed E-state index contributed by atoms with van der Waals surface area (Å²) in [5.41, 5.74) is 1.12. The van der Waals surface area contributed by atoms with Crippen molar-refractivity contribution in [1.29, 1.82) is 0 Å². The molecule has 1 aliphatic rings. The number of rotatable bonds is 5. The summed E-state index contributed by atoms with van der Waals surface area (Å²) >= 11 is 0. The van der Waals surface area contributed by atoms with Crippen molar-refractivity contribution in [3.05, 3.63) is 29.8 Å². The molecule has 1 heterocycles. The molecule has 0 amide bonds. The summed E-state index contributed by atoms with van der Waals surface area (Å²) in [5, 5.41) is 3.65. The molecule has 0 saturated heterocycles. The van der Waals surface area contributed by atoms with E-state index >= 15 is 0 Å². The van der Waals surface area contributed by atoms with E-state index < -0.39 is 0 Å². The van der Waals surface area contributed by atoms with Gasteiger partial charge in [0.1, 0.15) is 5.75 Å². The van der Waals surface area contributed by atoms with Crippen molar-refractivity contribution >= 4 is 0 Å². The summed E-state index contributed by atoms with van der Waals surface area (Å²) in [5.74, 6) is 1.47. The Morgan fingerprint density at radius 2 is 2.11 bits per heavy atom. The van der Waals surface area contributed by atoms with Crippen LogP contribution in [0, 0.1) is 5.92 Å². The van der Waals surface area contributed by atoms with E-state index in [1.165, 1.54) is 5.56 Å². The summed E-state index contributed by atoms with van der Waals surface area (Å²) in [4.78, 5) is 0. The van der Waals surface area contributed by atoms with E-state index in [2.05, 4.69) is 38.2 Å². The van der Waals surface area contributed by atoms with Gasteiger partial charge >= 0.3 is 0 Å². The number of fused-ring (bicyclic) bond motifs is 1. The minimum Gasteiger partial charge on any atom is -0.493 e. The van der Waals surface area contributed by atoms with Crippen LogP contribution in [-0.4, -0.2) is 25.4 Å². The fraction of sp³-hybridized carbons (Fsp3) is 0.625. The summed E-state index contributed by atoms with van der Waals surface area (Å²) < 4.78 is 11.5. The van der Waals surface area contributed by atoms with Crippen LogP contribution in [0.15, 0.2) is 24.3 Å². The van der Waals surface area contributed by atoms with Crippen molar-refractivity contribution in [2.24, 2.45) is 5.92 Å². The normalized spacial score (nSPS) is 22.7. The van der Waals surface area contributed by atoms with Crippen molar-refractivity contribution in [1.82, 2.24) is 5.32 Å². The van der Waals surface area contributed by atoms with Gasteiger partial charge in [0.25, 0.3) is 0 Å². The van der Waals surface area contributed by atoms with Crippen LogP contribution < -0.4 is 10.1 Å². The van der Waals surface area contributed by atoms with Gasteiger partial charge in [0.05, 0.1) is 12.2 Å². The predicted octanol–water partition coefficient (Wildman–Crippen LogP) is 3.16. The first-order chi connectivity index (χ1) is 9.03. The molecule has 3 nitrogen and oxygen atoms in total. The Labute approximate surface area is 116 Å². The highest BCUT2D eigenvalue weighted by Crippen LogP contribution is 2.35. The molecule has 0 aromatic heterocycles. The van der Waals surface area contributed by atoms with Gasteiger partial charge in [-0.25, -0.2) is 0 Å². The van der Waals surface area contributed by atoms with Crippen LogP contribution in [0.5, 0.6) is 5.75 Å². The monoisotopic (exact) mass is 263 g/mol. The number of nitrogens with one attached hydrogen (secondary N) is 1. The second kappa shape index (κ2) is 5.93. The average Bonchev–Trinajstić information content (AvgIpc) is 2.37. The molecular weight excluding hydrogens is 238 g/mol. The van der Waals surface area contributed by atoms with Gasteiger partial charge in [-0.15, -0.1) is 0 Å². The maximum atomic E-state index is 5.77. The lowest BCUT2D eigenvalue weighted by Gasteiger charge is -2.35. The molecule has 19 heavy (non-hydrogen) atoms. The molecule has 0 bridgehead atoms. The third-order valence-corrected chi connectivity index (χ3v) is 3.61. The lowest BCUT2D eigenvalue weighted by Crippen LogP contribution is -2.43. The van der Waals surface area contributed by atoms with Crippen LogP contribution in [-0.2, 0) is 4.74 Å². The van der Waals surface area contributed by atoms with Gasteiger partial charge in [-0.3, -0.25) is 0 Å². The van der Waals surface area contributed by atoms with E-state index in [4.69, 9.17) is 9.47 Å². The van der Waals surface area contributed by atoms with Crippen LogP contribution in [0.2, 0.25) is 0 Å². The number of ether oxygens (including phenoxy) is 2. The van der Waals surface area contributed by atoms with Crippen LogP contribution in [0.3, 0.4) is 0 Å². The SMILES string of the molecule is CCOC(C)(C)CNC1c2ccccc2OCC1C. The van der Waals surface area contributed by atoms with Crippen molar-refractivity contribution < 1.29 is 9.47 Å². The molecule has 1 aromatic rings. The zero-order chi connectivity index (χ0) is 13.9. The second-order valence-electron chi connectivity index (χ2n) is 5.88. The molecule has 0 radical (unpaired) electrons. The number of hydrogen-bond acceptors (Lipinski definition) is 3. The van der Waals surface area contributed by atoms with E-state index in [1.807, 2.05) is 19.1 Å². The highest BCUT2D eigenvalue weighted by atomic mass is 16.5. The topological polar surface area (TPSA) is 30.5 Å². The Morgan fingerprint density at radius 3 is 2.84 bits per heavy atom. The van der Waals surface area contributed by atoms with Gasteiger partial charge in [-0.1, -0.05) is 25.1 Å². The van der Waals surface area contributed by atoms with E-state index in [-0.39, 0.29) is 5.60 Å². The predicted molar refractivity (Wildman–Crippen MR) is 77.5 cm³/mol. The summed E-state index contributed by atoms with van der Waals surface area (Å²) in [6.07, 6.45) is 0. The highest BCUT2D eigenvalue weighted by Gasteiger charge is 2.29. The molecule has 0 aliphatic carbocycles. The standard InChI is InChI=1S/C16H25NO2/c1-5-19-16(3,4)11-17-15-12(2)10-18-14-9-7-6-8-13(14)15/h6-9,12,15,17H,5,10-11H2,1-4H3. The van der Waals surface area contributed by atoms with Gasteiger partial charge in [-0.2, -0.15) is 0 Å². The lowest BCUT2D eigenvalue weighted by molar-refractivity contribution is -0.0129. The van der Waals surface area contributed by atoms with E-state index in [0.717, 1.165) is 25.5 Å². The average molecular weight is 263 g/mol. The third-order valence-electron chi connectivity index (χ3n) is 3.61. The highest BCUT2D eigenvalue weighted by molar-refractivity contribution is 5.37. The summed E-state index contributed by atoms with van der Waals surface area (Å²) in [7, 11) is 0. The van der Waals surface area contributed by atoms with E-state index in [0.29, 0.717) is 12.0 Å². The minimum absolute atomic E-state index is 0.137. The molecule has 2 rings (SSSR count). The minimum atomic E-state index is -0.137. The van der Waals surface area contributed by atoms with E-state index in [1.54, 1.807) is 0 Å². The van der Waals surface area contributed by atoms with Gasteiger partial charge in [0.2, 0.25) is 0 Å². The third kappa shape index (κ3) is 3.48. The summed E-state index contributed by atoms with van der Waals surface area (Å²) in [6.45, 7) is 10.9. The molecule has 1 N–H and O–H groups in total. The molecule has 1 aliphatic heterocycles. The molecule has 0 fully saturated rings. The molecule has 0 spiro atoms. The van der Waals surface area contributed by atoms with Gasteiger partial charge in [-0.05, 0) is 26.8 Å². The molecule has 106 valence electrons. The van der Waals surface area contributed by atoms with Crippen molar-refractivity contribution in [3.8, 4) is 5.75 Å². The molecular formula is C16H25NO2. The van der Waals surface area contributed by atoms with Gasteiger partial charge in [0, 0.05) is 30.7 Å². The number of hydrogen-bond donors (Lipinski definition) is 1. The zero-order valence-corrected chi connectivity index (χ0v) is 12.4. The largest absolute Gasteiger partial charge is 0.493 e. The number of para-hydroxylation sites is 1. The molecule has 0 saturated carbocycles. The van der Waals surface area contributed by atoms with Gasteiger partial charge < -0.3 is 14.8 Å². The van der Waals surface area contributed by atoms with Gasteiger partial charge in [0.15, 0.2) is 0 Å². The quantitative estimate of drug-likeness (QED) is 0.885. The summed E-state index contributed by atoms with van der Waals surface area (Å²) in [6, 6.07) is 8.63. The Kier molecular flexibility index (Phi) is 4.48. The first kappa shape index (κ1) is 14.4. The van der Waals surface area contributed by atoms with Crippen molar-refractivity contribution in [3.63, 3.8) is 0 Å². The van der Waals surface area contributed by atoms with Crippen molar-refractivity contribution in [2.45, 2.75) is 39.3 Å². The Hall–Kier alpha value is -1.06. The van der Waals surface area contributed by atoms with Crippen LogP contribution in [0.25, 0.3) is 0 Å². The Balaban J connectivity index is 2.07. The molecule has 3 heteroatoms. The fourth-order valence-electron chi connectivity index (χ4n) is 2.60. The second-order valence-corrected chi connectivity index (χ2v) is 5.88. The van der Waals surface area contributed by atoms with Crippen LogP contribution in [0.1, 0.15) is 39.3 Å². The maximum absolute atomic E-state index is 5.77. The Morgan fingerprint density at radius 1 is 1.37 bits per heavy atom. The lowest BCUT2D eigenvalue weighted by atomic mass is 9.91. The van der Waals surface area contributed by atoms with Crippen molar-refractivity contribution in [2.75, 3.05) is 19.8 Å². The first-order valence-electron chi connectivity index (χ1n) is 7.12.